The number of methoxy groups -OCH3 is 1. The molecule has 0 aromatic carbocycles. The minimum absolute atomic E-state index is 0. The maximum Gasteiger partial charge on any atom is 1.00 e. The van der Waals surface area contributed by atoms with Crippen LogP contribution in [0.5, 0.6) is 0 Å². The van der Waals surface area contributed by atoms with Crippen molar-refractivity contribution >= 4 is 158 Å². The number of H-pyrrole nitrogens is 4. The number of hydrogen-bond donors (Lipinski definition) is 6. The van der Waals surface area contributed by atoms with E-state index in [2.05, 4.69) is 159 Å². The van der Waals surface area contributed by atoms with E-state index in [-0.39, 0.29) is 208 Å². The molecule has 0 unspecified atom stereocenters. The molecule has 0 spiro atoms. The predicted molar refractivity (Wildman–Crippen MR) is 478 cm³/mol. The van der Waals surface area contributed by atoms with Crippen LogP contribution in [0.3, 0.4) is 0 Å². The minimum atomic E-state index is -0.612. The van der Waals surface area contributed by atoms with Crippen molar-refractivity contribution in [2.75, 3.05) is 13.7 Å². The molecule has 41 heteroatoms. The smallest absolute Gasteiger partial charge is 1.00 e. The first kappa shape index (κ1) is 116. The molecule has 0 radical (unpaired) electrons. The van der Waals surface area contributed by atoms with E-state index in [0.717, 1.165) is 121 Å². The van der Waals surface area contributed by atoms with Gasteiger partial charge in [0.05, 0.1) is 69.8 Å². The van der Waals surface area contributed by atoms with Gasteiger partial charge in [0, 0.05) is 48.6 Å². The predicted octanol–water partition coefficient (Wildman–Crippen LogP) is 9.19. The van der Waals surface area contributed by atoms with Crippen molar-refractivity contribution in [3.63, 3.8) is 0 Å². The van der Waals surface area contributed by atoms with Crippen LogP contribution < -0.4 is 69.7 Å². The number of carbonyl (C=O) groups excluding carboxylic acids is 11. The number of likely N-dealkylation sites (tertiary alicyclic amines) is 6. The van der Waals surface area contributed by atoms with Crippen molar-refractivity contribution in [1.82, 2.24) is 74.6 Å². The molecule has 7 amide bonds. The van der Waals surface area contributed by atoms with Gasteiger partial charge in [-0.05, 0) is 319 Å². The van der Waals surface area contributed by atoms with E-state index >= 15 is 0 Å². The summed E-state index contributed by atoms with van der Waals surface area (Å²) in [6.07, 6.45) is 17.1. The van der Waals surface area contributed by atoms with Gasteiger partial charge in [-0.15, -0.1) is 0 Å². The zero-order chi connectivity index (χ0) is 89.9. The number of alkyl carbamates (subject to hydrolysis) is 1. The summed E-state index contributed by atoms with van der Waals surface area (Å²) in [4.78, 5) is 166. The number of carbonyl (C=O) groups is 11. The summed E-state index contributed by atoms with van der Waals surface area (Å²) in [5, 5.41) is 20.2. The Bertz CT molecular complexity index is 3830. The van der Waals surface area contributed by atoms with Gasteiger partial charge in [-0.2, -0.15) is 0 Å². The topological polar surface area (TPSA) is 442 Å². The van der Waals surface area contributed by atoms with Crippen LogP contribution in [-0.4, -0.2) is 238 Å². The Labute approximate surface area is 814 Å². The number of halogens is 4. The maximum absolute atomic E-state index is 13.1. The Hall–Kier alpha value is -4.75. The molecular formula is C80H131I4N15Na2O20. The van der Waals surface area contributed by atoms with Gasteiger partial charge in [-0.1, -0.05) is 21.3 Å². The van der Waals surface area contributed by atoms with Crippen molar-refractivity contribution in [2.24, 2.45) is 5.92 Å². The fourth-order valence-corrected chi connectivity index (χ4v) is 15.3. The van der Waals surface area contributed by atoms with Gasteiger partial charge in [0.15, 0.2) is 12.6 Å². The summed E-state index contributed by atoms with van der Waals surface area (Å²) in [6, 6.07) is -0.183. The molecule has 676 valence electrons. The average molecular weight is 2180 g/mol. The number of aliphatic hydroxyl groups excluding tert-OH is 1. The van der Waals surface area contributed by atoms with Crippen LogP contribution in [0.25, 0.3) is 0 Å². The van der Waals surface area contributed by atoms with E-state index in [0.29, 0.717) is 0 Å². The Morgan fingerprint density at radius 1 is 0.512 bits per heavy atom. The fourth-order valence-electron chi connectivity index (χ4n) is 13.7. The zero-order valence-corrected chi connectivity index (χ0v) is 87.2. The van der Waals surface area contributed by atoms with E-state index in [9.17, 15) is 38.4 Å². The van der Waals surface area contributed by atoms with Crippen molar-refractivity contribution in [3.05, 3.63) is 62.9 Å². The Kier molecular flexibility index (Phi) is 51.7. The first-order chi connectivity index (χ1) is 54.7. The van der Waals surface area contributed by atoms with Gasteiger partial charge >= 0.3 is 95.7 Å². The minimum Gasteiger partial charge on any atom is -1.00 e. The standard InChI is InChI=1S/C15H23IN4O3.C13H19I2N3O2.C13H20IN3O2.C13H21N3O2.C11H21NO3.C11H19NO3.C2H2O2.CH2O3.CH4.2Na.H/c1-8(2)12(19-15(22)23-4)14(21)20-9(3)5-6-10(20)13-17-7-11(16)18-13;1-7-5-6-8(11-16-9(14)10(15)17-11)18(7)12(19)20-13(2,3)4;1-8-5-6-9(11-15-7-10(14)16-11)17(8)12(18)19-13(2,3)4;1-9-5-6-10(11-14-7-8-15-11)16(9)12(17)18-13(2,3)4;2*1-8-5-6-9(7-13)12(8)10(14)15-11(2,3)4;3-1-2-4;2-1-4-3;;;;/h7-10,12H,5-6H2,1-4H3,(H,17,18)(H,19,22);7-8H,5-6H2,1-4H3,(H,16,17);7-9H,5-6H2,1-4H3,(H,15,16);7-10H,5-6H2,1-4H3,(H,14,15);8-9,13H,5-7H2,1-4H3;7-9H,5-6H2,1-4H3;1-2H;1,3H;1H4;;;/q;;;;;;;;;2*+1;-1/p-1/t9-,10-,12-;7-,8-;8-,9-;9-,10-;2*8-,9-;;;;;;/m000000....../s1. The van der Waals surface area contributed by atoms with Crippen LogP contribution in [-0.2, 0) is 57.3 Å². The number of nitrogens with zero attached hydrogens (tertiary/aromatic N) is 10. The van der Waals surface area contributed by atoms with Crippen LogP contribution >= 0.6 is 90.4 Å². The third-order valence-corrected chi connectivity index (χ3v) is 22.5. The number of rotatable bonds is 11. The normalized spacial score (nSPS) is 22.4. The SMILES string of the molecule is C.COC(=O)N[C@H](C(=O)N1[C@@H](C)CC[C@H]1c1ncc(I)[nH]1)C(C)C.C[C@H]1CC[C@@H](C=O)N1C(=O)OC(C)(C)C.C[C@H]1CC[C@@H](CO)N1C(=O)OC(C)(C)C.C[C@H]1CC[C@@H](c2nc(I)c(I)[nH]2)N1C(=O)OC(C)(C)C.C[C@H]1CC[C@@H](c2ncc(I)[nH]2)N1C(=O)OC(C)(C)C.C[C@H]1CC[C@@H](c2ncc[nH]2)N1C(=O)OC(C)(C)C.O=CC=O.O=CO[O-].[H-].[Na+].[Na+]. The molecule has 10 rings (SSSR count). The van der Waals surface area contributed by atoms with E-state index in [1.165, 1.54) is 12.0 Å². The first-order valence-corrected chi connectivity index (χ1v) is 43.8. The third-order valence-electron chi connectivity index (χ3n) is 18.9. The second-order valence-corrected chi connectivity index (χ2v) is 39.0. The average Bonchev–Trinajstić information content (AvgIpc) is 1.66. The number of aromatic amines is 4. The monoisotopic (exact) mass is 2180 g/mol. The van der Waals surface area contributed by atoms with Crippen LogP contribution in [0, 0.1) is 20.7 Å². The maximum atomic E-state index is 13.1. The Morgan fingerprint density at radius 3 is 1.15 bits per heavy atom. The van der Waals surface area contributed by atoms with E-state index in [1.54, 1.807) is 39.5 Å². The first-order valence-electron chi connectivity index (χ1n) is 39.4. The number of aliphatic hydroxyl groups is 1. The molecule has 6 aliphatic rings. The number of aromatic nitrogens is 8. The van der Waals surface area contributed by atoms with Crippen molar-refractivity contribution in [1.29, 1.82) is 0 Å². The summed E-state index contributed by atoms with van der Waals surface area (Å²) in [5.74, 6) is 3.21. The molecule has 6 fully saturated rings. The molecule has 10 heterocycles. The largest absolute Gasteiger partial charge is 1.00 e. The summed E-state index contributed by atoms with van der Waals surface area (Å²) in [7, 11) is 1.29. The molecule has 0 saturated carbocycles. The fraction of sp³-hybridized carbons (Fsp3) is 0.713. The zero-order valence-electron chi connectivity index (χ0n) is 75.6. The summed E-state index contributed by atoms with van der Waals surface area (Å²) in [6.45, 7) is 43.7. The number of ether oxygens (including phenoxy) is 6. The number of hydrogen-bond acceptors (Lipinski definition) is 24. The molecule has 0 aliphatic carbocycles. The van der Waals surface area contributed by atoms with E-state index in [1.807, 2.05) is 155 Å². The Balaban J connectivity index is 0. The molecule has 13 atom stereocenters. The summed E-state index contributed by atoms with van der Waals surface area (Å²) in [5.41, 5.74) is -2.39. The van der Waals surface area contributed by atoms with Gasteiger partial charge in [0.2, 0.25) is 5.91 Å². The van der Waals surface area contributed by atoms with Crippen LogP contribution in [0.1, 0.15) is 293 Å². The van der Waals surface area contributed by atoms with Crippen LogP contribution in [0.2, 0.25) is 0 Å². The molecule has 6 saturated heterocycles. The molecule has 4 aromatic rings. The van der Waals surface area contributed by atoms with Gasteiger partial charge in [0.1, 0.15) is 71.0 Å². The number of aldehydes is 3. The van der Waals surface area contributed by atoms with E-state index < -0.39 is 40.1 Å². The number of nitrogens with one attached hydrogen (secondary N) is 5. The molecule has 6 aliphatic heterocycles. The summed E-state index contributed by atoms with van der Waals surface area (Å²) < 4.78 is 35.6. The second-order valence-electron chi connectivity index (χ2n) is 34.6. The van der Waals surface area contributed by atoms with Crippen LogP contribution in [0.15, 0.2) is 24.8 Å². The molecule has 121 heavy (non-hydrogen) atoms. The molecule has 0 bridgehead atoms. The Morgan fingerprint density at radius 2 is 0.843 bits per heavy atom. The molecular weight excluding hydrogens is 2040 g/mol. The number of amides is 7. The molecule has 35 nitrogen and oxygen atoms in total. The number of imidazole rings is 4. The van der Waals surface area contributed by atoms with E-state index in [4.69, 9.17) is 48.4 Å². The van der Waals surface area contributed by atoms with Crippen LogP contribution in [0.4, 0.5) is 28.8 Å². The molecule has 6 N–H and O–H groups in total. The van der Waals surface area contributed by atoms with Crippen molar-refractivity contribution < 1.29 is 157 Å². The molecule has 4 aromatic heterocycles. The van der Waals surface area contributed by atoms with Gasteiger partial charge < -0.3 is 84.9 Å². The second kappa shape index (κ2) is 53.8. The van der Waals surface area contributed by atoms with Crippen molar-refractivity contribution in [2.45, 2.75) is 350 Å². The van der Waals surface area contributed by atoms with Gasteiger partial charge in [0.25, 0.3) is 6.47 Å². The van der Waals surface area contributed by atoms with Gasteiger partial charge in [-0.25, -0.2) is 48.7 Å². The quantitative estimate of drug-likeness (QED) is 0.0155. The van der Waals surface area contributed by atoms with Crippen molar-refractivity contribution in [3.8, 4) is 0 Å². The summed E-state index contributed by atoms with van der Waals surface area (Å²) >= 11 is 8.77. The third kappa shape index (κ3) is 38.8. The van der Waals surface area contributed by atoms with Gasteiger partial charge in [-0.3, -0.25) is 38.8 Å².